The number of aliphatic carboxylic acids is 1. The van der Waals surface area contributed by atoms with Crippen LogP contribution in [0.3, 0.4) is 0 Å². The predicted octanol–water partition coefficient (Wildman–Crippen LogP) is -5.36. The van der Waals surface area contributed by atoms with Crippen LogP contribution in [0.25, 0.3) is 0 Å². The molecule has 82 heavy (non-hydrogen) atoms. The Bertz CT molecular complexity index is 2200. The molecule has 18 N–H and O–H groups in total. The summed E-state index contributed by atoms with van der Waals surface area (Å²) in [6.07, 6.45) is 2.89. The number of primary amides is 1. The summed E-state index contributed by atoms with van der Waals surface area (Å²) in [7, 11) is 0. The summed E-state index contributed by atoms with van der Waals surface area (Å²) in [6.45, 7) is 10.2. The van der Waals surface area contributed by atoms with E-state index in [0.29, 0.717) is 31.4 Å². The second kappa shape index (κ2) is 40.4. The average Bonchev–Trinajstić information content (AvgIpc) is 3.48. The third-order valence-electron chi connectivity index (χ3n) is 12.5. The van der Waals surface area contributed by atoms with E-state index in [2.05, 4.69) is 76.4 Å². The molecule has 0 aliphatic heterocycles. The van der Waals surface area contributed by atoms with Crippen LogP contribution in [-0.2, 0) is 67.1 Å². The third-order valence-corrected chi connectivity index (χ3v) is 13.5. The fraction of sp³-hybridized carbons (Fsp3) is 0.720. The lowest BCUT2D eigenvalue weighted by atomic mass is 9.94. The van der Waals surface area contributed by atoms with Gasteiger partial charge in [0.05, 0.1) is 32.7 Å². The summed E-state index contributed by atoms with van der Waals surface area (Å²) >= 11 is 5.30. The lowest BCUT2D eigenvalue weighted by Gasteiger charge is -2.29. The second-order valence-electron chi connectivity index (χ2n) is 19.9. The first kappa shape index (κ1) is 75.2. The molecule has 0 heterocycles. The number of carboxylic acids is 1. The number of carboxylic acid groups (broad SMARTS) is 1. The highest BCUT2D eigenvalue weighted by molar-refractivity contribution is 7.98. The number of thiol groups is 1. The Labute approximate surface area is 487 Å². The van der Waals surface area contributed by atoms with Crippen LogP contribution < -0.4 is 75.3 Å². The Kier molecular flexibility index (Phi) is 37.1. The first-order valence-electron chi connectivity index (χ1n) is 26.9. The Hall–Kier alpha value is -6.80. The minimum absolute atomic E-state index is 0.0587. The number of amides is 13. The molecular weight excluding hydrogens is 1120 g/mol. The van der Waals surface area contributed by atoms with Crippen molar-refractivity contribution in [3.8, 4) is 0 Å². The van der Waals surface area contributed by atoms with E-state index >= 15 is 0 Å². The van der Waals surface area contributed by atoms with Crippen LogP contribution in [0.2, 0.25) is 0 Å². The van der Waals surface area contributed by atoms with Gasteiger partial charge in [-0.3, -0.25) is 62.3 Å². The van der Waals surface area contributed by atoms with E-state index in [1.807, 2.05) is 20.1 Å². The molecule has 11 atom stereocenters. The number of aliphatic hydroxyl groups excluding tert-OH is 1. The summed E-state index contributed by atoms with van der Waals surface area (Å²) in [5, 5.41) is 47.9. The molecule has 0 rings (SSSR count). The fourth-order valence-corrected chi connectivity index (χ4v) is 8.17. The molecule has 0 saturated heterocycles. The van der Waals surface area contributed by atoms with Crippen molar-refractivity contribution in [2.24, 2.45) is 29.2 Å². The van der Waals surface area contributed by atoms with Crippen molar-refractivity contribution in [3.05, 3.63) is 0 Å². The summed E-state index contributed by atoms with van der Waals surface area (Å²) in [6, 6.07) is -12.0. The Morgan fingerprint density at radius 1 is 0.524 bits per heavy atom. The number of hydrogen-bond donors (Lipinski definition) is 17. The van der Waals surface area contributed by atoms with Gasteiger partial charge in [0.15, 0.2) is 0 Å². The third kappa shape index (κ3) is 29.8. The molecule has 0 aromatic rings. The van der Waals surface area contributed by atoms with Gasteiger partial charge in [0.2, 0.25) is 76.8 Å². The summed E-state index contributed by atoms with van der Waals surface area (Å²) in [4.78, 5) is 181. The highest BCUT2D eigenvalue weighted by Gasteiger charge is 2.35. The van der Waals surface area contributed by atoms with Crippen LogP contribution in [0.1, 0.15) is 107 Å². The number of carbonyl (C=O) groups is 14. The van der Waals surface area contributed by atoms with Crippen molar-refractivity contribution in [3.63, 3.8) is 0 Å². The lowest BCUT2D eigenvalue weighted by molar-refractivity contribution is -0.141. The Balaban J connectivity index is 5.96. The summed E-state index contributed by atoms with van der Waals surface area (Å²) < 4.78 is 0. The number of unbranched alkanes of at least 4 members (excludes halogenated alkanes) is 1. The zero-order valence-electron chi connectivity index (χ0n) is 48.2. The quantitative estimate of drug-likeness (QED) is 0.0201. The van der Waals surface area contributed by atoms with E-state index in [9.17, 15) is 72.2 Å². The van der Waals surface area contributed by atoms with Gasteiger partial charge in [-0.1, -0.05) is 54.4 Å². The van der Waals surface area contributed by atoms with Crippen LogP contribution in [-0.4, -0.2) is 198 Å². The number of thioether (sulfide) groups is 1. The molecule has 0 spiro atoms. The van der Waals surface area contributed by atoms with Crippen molar-refractivity contribution in [1.82, 2.24) is 63.8 Å². The van der Waals surface area contributed by atoms with E-state index in [4.69, 9.17) is 16.6 Å². The fourth-order valence-electron chi connectivity index (χ4n) is 7.45. The maximum atomic E-state index is 13.9. The molecule has 32 heteroatoms. The maximum absolute atomic E-state index is 13.9. The first-order valence-corrected chi connectivity index (χ1v) is 28.9. The van der Waals surface area contributed by atoms with Crippen LogP contribution in [0, 0.1) is 17.8 Å². The van der Waals surface area contributed by atoms with E-state index < -0.39 is 182 Å². The monoisotopic (exact) mass is 1200 g/mol. The van der Waals surface area contributed by atoms with Crippen LogP contribution in [0.15, 0.2) is 0 Å². The normalized spacial score (nSPS) is 15.0. The zero-order chi connectivity index (χ0) is 62.8. The summed E-state index contributed by atoms with van der Waals surface area (Å²) in [5.41, 5.74) is 11.0. The highest BCUT2D eigenvalue weighted by Crippen LogP contribution is 2.14. The molecular formula is C50H88N14O16S2. The van der Waals surface area contributed by atoms with Gasteiger partial charge in [-0.25, -0.2) is 4.79 Å². The van der Waals surface area contributed by atoms with Gasteiger partial charge in [-0.05, 0) is 75.3 Å². The second-order valence-corrected chi connectivity index (χ2v) is 21.3. The minimum Gasteiger partial charge on any atom is -0.480 e. The molecule has 0 aromatic carbocycles. The molecule has 0 bridgehead atoms. The SMILES string of the molecule is CC[C@@H](C)[C@@H](NC(=O)CNC(=O)[C@@H](CC(C)C)NC(=O)[C@@H](CCSC)NC(C)=O)C(=O)N[C@@H](C(=O)N[C@H](C)C(=O)NCC(=O)N[C@H](CCCCN)C(=O)N[C@H](CC(N)=O)C(=O)N[C@H](CO)C(=O)NCC(=O)N[C@H](CS)C(=O)O)[C@H](C)CC. The number of aliphatic hydroxyl groups is 1. The minimum atomic E-state index is -1.77. The molecule has 0 unspecified atom stereocenters. The Morgan fingerprint density at radius 3 is 1.44 bits per heavy atom. The molecule has 0 aliphatic carbocycles. The van der Waals surface area contributed by atoms with E-state index in [1.54, 1.807) is 27.7 Å². The van der Waals surface area contributed by atoms with Gasteiger partial charge in [0.1, 0.15) is 54.4 Å². The zero-order valence-corrected chi connectivity index (χ0v) is 49.9. The predicted molar refractivity (Wildman–Crippen MR) is 304 cm³/mol. The highest BCUT2D eigenvalue weighted by atomic mass is 32.2. The molecule has 466 valence electrons. The van der Waals surface area contributed by atoms with Gasteiger partial charge in [-0.2, -0.15) is 24.4 Å². The number of rotatable bonds is 41. The molecule has 0 aliphatic rings. The number of carbonyl (C=O) groups excluding carboxylic acids is 13. The molecule has 0 fully saturated rings. The number of hydrogen-bond acceptors (Lipinski definition) is 18. The standard InChI is InChI=1S/C50H88N14O16S2/c1-10-26(5)40(63-39(70)22-54-43(72)32(18-25(3)4)60-46(75)31(15-17-82-9)57-29(8)66)49(78)64-41(27(6)11-2)48(77)56-28(7)42(71)53-20-37(68)58-30(14-12-13-16-51)45(74)61-33(19-36(52)67)47(76)62-34(23-65)44(73)55-21-38(69)59-35(24-81)50(79)80/h25-28,30-35,40-41,65,81H,10-24,51H2,1-9H3,(H2,52,67)(H,53,71)(H,54,72)(H,55,73)(H,56,77)(H,57,66)(H,58,68)(H,59,69)(H,60,75)(H,61,74)(H,62,76)(H,63,70)(H,64,78)(H,79,80)/t26-,27-,28-,30-,31-,32-,33-,34-,35-,40-,41-/m1/s1. The van der Waals surface area contributed by atoms with Crippen molar-refractivity contribution in [2.75, 3.05) is 50.5 Å². The molecule has 0 saturated carbocycles. The van der Waals surface area contributed by atoms with Crippen molar-refractivity contribution >= 4 is 107 Å². The van der Waals surface area contributed by atoms with E-state index in [1.165, 1.54) is 25.6 Å². The van der Waals surface area contributed by atoms with Crippen molar-refractivity contribution in [2.45, 2.75) is 161 Å². The van der Waals surface area contributed by atoms with Gasteiger partial charge >= 0.3 is 5.97 Å². The van der Waals surface area contributed by atoms with Crippen molar-refractivity contribution in [1.29, 1.82) is 0 Å². The molecule has 13 amide bonds. The molecule has 0 aromatic heterocycles. The van der Waals surface area contributed by atoms with Crippen molar-refractivity contribution < 1.29 is 77.3 Å². The smallest absolute Gasteiger partial charge is 0.327 e. The average molecular weight is 1210 g/mol. The largest absolute Gasteiger partial charge is 0.480 e. The van der Waals surface area contributed by atoms with Gasteiger partial charge in [-0.15, -0.1) is 0 Å². The molecule has 0 radical (unpaired) electrons. The van der Waals surface area contributed by atoms with E-state index in [0.717, 1.165) is 0 Å². The maximum Gasteiger partial charge on any atom is 0.327 e. The van der Waals surface area contributed by atoms with Gasteiger partial charge in [0.25, 0.3) is 0 Å². The number of nitrogens with one attached hydrogen (secondary N) is 12. The van der Waals surface area contributed by atoms with Crippen LogP contribution in [0.4, 0.5) is 0 Å². The van der Waals surface area contributed by atoms with Gasteiger partial charge < -0.3 is 85.5 Å². The van der Waals surface area contributed by atoms with Crippen LogP contribution >= 0.6 is 24.4 Å². The topological polar surface area (TPSA) is 476 Å². The van der Waals surface area contributed by atoms with Gasteiger partial charge in [0, 0.05) is 12.7 Å². The first-order chi connectivity index (χ1) is 38.5. The number of nitrogens with two attached hydrogens (primary N) is 2. The summed E-state index contributed by atoms with van der Waals surface area (Å²) in [5.74, 6) is -13.2. The lowest BCUT2D eigenvalue weighted by Crippen LogP contribution is -2.60. The molecule has 30 nitrogen and oxygen atoms in total. The van der Waals surface area contributed by atoms with E-state index in [-0.39, 0.29) is 37.5 Å². The Morgan fingerprint density at radius 2 is 0.976 bits per heavy atom. The van der Waals surface area contributed by atoms with Crippen LogP contribution in [0.5, 0.6) is 0 Å².